The number of nitrogens with one attached hydrogen (secondary N) is 1. The van der Waals surface area contributed by atoms with Crippen molar-refractivity contribution in [1.29, 1.82) is 0 Å². The van der Waals surface area contributed by atoms with Crippen LogP contribution in [-0.4, -0.2) is 23.7 Å². The van der Waals surface area contributed by atoms with Crippen molar-refractivity contribution in [2.75, 3.05) is 6.54 Å². The van der Waals surface area contributed by atoms with Gasteiger partial charge in [-0.15, -0.1) is 0 Å². The van der Waals surface area contributed by atoms with E-state index in [0.29, 0.717) is 13.0 Å². The molecule has 0 saturated carbocycles. The molecule has 1 amide bonds. The number of carbonyl (C=O) groups is 1. The molecule has 2 N–H and O–H groups in total. The minimum absolute atomic E-state index is 0.0396. The first kappa shape index (κ1) is 7.54. The molecule has 10 heavy (non-hydrogen) atoms. The predicted molar refractivity (Wildman–Crippen MR) is 37.4 cm³/mol. The highest BCUT2D eigenvalue weighted by Crippen LogP contribution is 2.25. The Labute approximate surface area is 60.4 Å². The van der Waals surface area contributed by atoms with Crippen molar-refractivity contribution in [3.63, 3.8) is 0 Å². The Bertz CT molecular complexity index is 154. The molecule has 58 valence electrons. The molecule has 3 heteroatoms. The van der Waals surface area contributed by atoms with E-state index >= 15 is 0 Å². The quantitative estimate of drug-likeness (QED) is 0.497. The van der Waals surface area contributed by atoms with Crippen LogP contribution in [0.25, 0.3) is 0 Å². The fourth-order valence-electron chi connectivity index (χ4n) is 1.20. The summed E-state index contributed by atoms with van der Waals surface area (Å²) in [5.74, 6) is 0.0396. The second kappa shape index (κ2) is 2.23. The maximum Gasteiger partial charge on any atom is 0.225 e. The third-order valence-corrected chi connectivity index (χ3v) is 1.86. The van der Waals surface area contributed by atoms with Gasteiger partial charge in [-0.25, -0.2) is 0 Å². The molecule has 0 aromatic carbocycles. The summed E-state index contributed by atoms with van der Waals surface area (Å²) in [6, 6.07) is 0. The number of amides is 1. The molecule has 0 bridgehead atoms. The lowest BCUT2D eigenvalue weighted by atomic mass is 9.83. The number of rotatable bonds is 0. The van der Waals surface area contributed by atoms with E-state index in [9.17, 15) is 4.79 Å². The summed E-state index contributed by atoms with van der Waals surface area (Å²) in [6.07, 6.45) is 0.200. The molecule has 0 spiro atoms. The van der Waals surface area contributed by atoms with Crippen molar-refractivity contribution < 1.29 is 9.90 Å². The van der Waals surface area contributed by atoms with Gasteiger partial charge in [0.1, 0.15) is 0 Å². The Hall–Kier alpha value is -0.570. The molecule has 1 unspecified atom stereocenters. The fourth-order valence-corrected chi connectivity index (χ4v) is 1.20. The van der Waals surface area contributed by atoms with Gasteiger partial charge in [0.15, 0.2) is 0 Å². The average Bonchev–Trinajstić information content (AvgIpc) is 1.78. The summed E-state index contributed by atoms with van der Waals surface area (Å²) in [6.45, 7) is 4.08. The van der Waals surface area contributed by atoms with E-state index in [4.69, 9.17) is 5.11 Å². The van der Waals surface area contributed by atoms with E-state index in [0.717, 1.165) is 0 Å². The van der Waals surface area contributed by atoms with E-state index < -0.39 is 5.41 Å². The maximum absolute atomic E-state index is 11.0. The number of carbonyl (C=O) groups excluding carboxylic acids is 1. The van der Waals surface area contributed by atoms with Gasteiger partial charge in [-0.2, -0.15) is 0 Å². The standard InChI is InChI=1S/C7H13NO2/c1-7(2)3-5(9)4-8-6(7)10/h5,9H,3-4H2,1-2H3,(H,8,10). The maximum atomic E-state index is 11.0. The van der Waals surface area contributed by atoms with E-state index in [-0.39, 0.29) is 12.0 Å². The minimum Gasteiger partial charge on any atom is -0.391 e. The summed E-state index contributed by atoms with van der Waals surface area (Å²) in [4.78, 5) is 11.0. The second-order valence-corrected chi connectivity index (χ2v) is 3.45. The highest BCUT2D eigenvalue weighted by Gasteiger charge is 2.34. The van der Waals surface area contributed by atoms with Crippen LogP contribution in [0.15, 0.2) is 0 Å². The molecule has 1 saturated heterocycles. The van der Waals surface area contributed by atoms with Crippen molar-refractivity contribution in [3.8, 4) is 0 Å². The van der Waals surface area contributed by atoms with E-state index in [1.807, 2.05) is 13.8 Å². The highest BCUT2D eigenvalue weighted by molar-refractivity contribution is 5.82. The van der Waals surface area contributed by atoms with Crippen molar-refractivity contribution in [2.24, 2.45) is 5.41 Å². The van der Waals surface area contributed by atoms with E-state index in [1.165, 1.54) is 0 Å². The van der Waals surface area contributed by atoms with Gasteiger partial charge in [-0.05, 0) is 6.42 Å². The third kappa shape index (κ3) is 1.29. The Kier molecular flexibility index (Phi) is 1.68. The molecule has 1 aliphatic heterocycles. The number of β-amino-alcohol motifs (C(OH)–C–C–N with tert-alkyl or cyclic N) is 1. The molecule has 0 aromatic heterocycles. The third-order valence-electron chi connectivity index (χ3n) is 1.86. The zero-order valence-electron chi connectivity index (χ0n) is 6.35. The largest absolute Gasteiger partial charge is 0.391 e. The lowest BCUT2D eigenvalue weighted by Gasteiger charge is -2.31. The fraction of sp³-hybridized carbons (Fsp3) is 0.857. The van der Waals surface area contributed by atoms with Gasteiger partial charge in [0.25, 0.3) is 0 Å². The summed E-state index contributed by atoms with van der Waals surface area (Å²) < 4.78 is 0. The Morgan fingerprint density at radius 3 is 2.70 bits per heavy atom. The van der Waals surface area contributed by atoms with Gasteiger partial charge in [0, 0.05) is 12.0 Å². The number of hydrogen-bond donors (Lipinski definition) is 2. The molecule has 1 fully saturated rings. The molecule has 0 radical (unpaired) electrons. The van der Waals surface area contributed by atoms with E-state index in [1.54, 1.807) is 0 Å². The first-order chi connectivity index (χ1) is 4.52. The summed E-state index contributed by atoms with van der Waals surface area (Å²) in [7, 11) is 0. The molecule has 1 heterocycles. The molecule has 1 aliphatic rings. The van der Waals surface area contributed by atoms with Crippen molar-refractivity contribution in [3.05, 3.63) is 0 Å². The number of hydrogen-bond acceptors (Lipinski definition) is 2. The van der Waals surface area contributed by atoms with Crippen LogP contribution in [0.1, 0.15) is 20.3 Å². The topological polar surface area (TPSA) is 49.3 Å². The van der Waals surface area contributed by atoms with Crippen LogP contribution in [0, 0.1) is 5.41 Å². The monoisotopic (exact) mass is 143 g/mol. The smallest absolute Gasteiger partial charge is 0.225 e. The molecule has 1 atom stereocenters. The van der Waals surface area contributed by atoms with Crippen molar-refractivity contribution >= 4 is 5.91 Å². The SMILES string of the molecule is CC1(C)CC(O)CNC1=O. The van der Waals surface area contributed by atoms with Crippen LogP contribution < -0.4 is 5.32 Å². The van der Waals surface area contributed by atoms with Crippen molar-refractivity contribution in [2.45, 2.75) is 26.4 Å². The predicted octanol–water partition coefficient (Wildman–Crippen LogP) is -0.107. The Morgan fingerprint density at radius 1 is 1.70 bits per heavy atom. The van der Waals surface area contributed by atoms with Crippen LogP contribution >= 0.6 is 0 Å². The normalized spacial score (nSPS) is 31.5. The van der Waals surface area contributed by atoms with Crippen LogP contribution in [0.4, 0.5) is 0 Å². The second-order valence-electron chi connectivity index (χ2n) is 3.45. The van der Waals surface area contributed by atoms with Gasteiger partial charge in [-0.1, -0.05) is 13.8 Å². The minimum atomic E-state index is -0.391. The highest BCUT2D eigenvalue weighted by atomic mass is 16.3. The lowest BCUT2D eigenvalue weighted by molar-refractivity contribution is -0.134. The summed E-state index contributed by atoms with van der Waals surface area (Å²) >= 11 is 0. The van der Waals surface area contributed by atoms with Gasteiger partial charge >= 0.3 is 0 Å². The van der Waals surface area contributed by atoms with Gasteiger partial charge < -0.3 is 10.4 Å². The summed E-state index contributed by atoms with van der Waals surface area (Å²) in [5.41, 5.74) is -0.391. The molecule has 0 aromatic rings. The van der Waals surface area contributed by atoms with Crippen LogP contribution in [0.2, 0.25) is 0 Å². The Morgan fingerprint density at radius 2 is 2.30 bits per heavy atom. The molecular weight excluding hydrogens is 130 g/mol. The molecular formula is C7H13NO2. The first-order valence-corrected chi connectivity index (χ1v) is 3.49. The summed E-state index contributed by atoms with van der Waals surface area (Å²) in [5, 5.41) is 11.8. The van der Waals surface area contributed by atoms with Gasteiger partial charge in [0.05, 0.1) is 6.10 Å². The zero-order valence-corrected chi connectivity index (χ0v) is 6.35. The van der Waals surface area contributed by atoms with E-state index in [2.05, 4.69) is 5.32 Å². The van der Waals surface area contributed by atoms with Crippen molar-refractivity contribution in [1.82, 2.24) is 5.32 Å². The Balaban J connectivity index is 2.63. The molecule has 1 rings (SSSR count). The lowest BCUT2D eigenvalue weighted by Crippen LogP contribution is -2.48. The number of piperidine rings is 1. The van der Waals surface area contributed by atoms with Crippen LogP contribution in [-0.2, 0) is 4.79 Å². The first-order valence-electron chi connectivity index (χ1n) is 3.49. The van der Waals surface area contributed by atoms with Crippen LogP contribution in [0.3, 0.4) is 0 Å². The number of aliphatic hydroxyl groups excluding tert-OH is 1. The van der Waals surface area contributed by atoms with Gasteiger partial charge in [-0.3, -0.25) is 4.79 Å². The average molecular weight is 143 g/mol. The zero-order chi connectivity index (χ0) is 7.78. The van der Waals surface area contributed by atoms with Gasteiger partial charge in [0.2, 0.25) is 5.91 Å². The molecule has 3 nitrogen and oxygen atoms in total. The van der Waals surface area contributed by atoms with Crippen LogP contribution in [0.5, 0.6) is 0 Å². The number of aliphatic hydroxyl groups is 1. The molecule has 0 aliphatic carbocycles.